The van der Waals surface area contributed by atoms with Gasteiger partial charge in [0, 0.05) is 18.6 Å². The number of nitrogens with zero attached hydrogens (tertiary/aromatic N) is 5. The number of likely N-dealkylation sites (tertiary alicyclic amines) is 1. The van der Waals surface area contributed by atoms with Gasteiger partial charge in [0.25, 0.3) is 0 Å². The molecular formula is C20H30N6O. The molecule has 2 N–H and O–H groups in total. The minimum absolute atomic E-state index is 0.279. The van der Waals surface area contributed by atoms with Crippen molar-refractivity contribution in [2.24, 2.45) is 5.73 Å². The second-order valence-electron chi connectivity index (χ2n) is 7.39. The van der Waals surface area contributed by atoms with Gasteiger partial charge in [-0.1, -0.05) is 26.2 Å². The Hall–Kier alpha value is -2.28. The van der Waals surface area contributed by atoms with Gasteiger partial charge < -0.3 is 5.73 Å². The summed E-state index contributed by atoms with van der Waals surface area (Å²) < 4.78 is 1.79. The van der Waals surface area contributed by atoms with Crippen molar-refractivity contribution in [1.29, 1.82) is 0 Å². The summed E-state index contributed by atoms with van der Waals surface area (Å²) in [4.78, 5) is 27.7. The fraction of sp³-hybridized carbons (Fsp3) is 0.600. The highest BCUT2D eigenvalue weighted by Gasteiger charge is 2.42. The van der Waals surface area contributed by atoms with Gasteiger partial charge in [-0.05, 0) is 44.8 Å². The Morgan fingerprint density at radius 3 is 2.89 bits per heavy atom. The first kappa shape index (κ1) is 19.5. The molecule has 146 valence electrons. The predicted octanol–water partition coefficient (Wildman–Crippen LogP) is 2.80. The molecule has 1 unspecified atom stereocenters. The van der Waals surface area contributed by atoms with Crippen molar-refractivity contribution in [3.8, 4) is 5.95 Å². The van der Waals surface area contributed by atoms with Crippen molar-refractivity contribution >= 4 is 5.91 Å². The van der Waals surface area contributed by atoms with Crippen LogP contribution in [0.1, 0.15) is 64.0 Å². The molecule has 0 radical (unpaired) electrons. The fourth-order valence-corrected chi connectivity index (χ4v) is 4.13. The lowest BCUT2D eigenvalue weighted by Crippen LogP contribution is -2.52. The van der Waals surface area contributed by atoms with Crippen LogP contribution in [0.3, 0.4) is 0 Å². The zero-order chi connectivity index (χ0) is 19.1. The number of rotatable bonds is 9. The Kier molecular flexibility index (Phi) is 6.55. The molecule has 7 heteroatoms. The smallest absolute Gasteiger partial charge is 0.235 e. The number of unbranched alkanes of at least 4 members (excludes halogenated alkanes) is 3. The summed E-state index contributed by atoms with van der Waals surface area (Å²) in [6.45, 7) is 4.16. The van der Waals surface area contributed by atoms with E-state index >= 15 is 0 Å². The molecule has 1 aliphatic rings. The zero-order valence-electron chi connectivity index (χ0n) is 16.2. The third-order valence-electron chi connectivity index (χ3n) is 5.48. The highest BCUT2D eigenvalue weighted by atomic mass is 16.1. The maximum absolute atomic E-state index is 12.0. The van der Waals surface area contributed by atoms with Gasteiger partial charge in [-0.25, -0.2) is 15.0 Å². The minimum Gasteiger partial charge on any atom is -0.370 e. The lowest BCUT2D eigenvalue weighted by atomic mass is 9.80. The normalized spacial score (nSPS) is 20.6. The van der Waals surface area contributed by atoms with E-state index in [1.807, 2.05) is 12.3 Å². The third kappa shape index (κ3) is 4.53. The minimum atomic E-state index is -0.436. The molecule has 3 heterocycles. The number of nitrogens with two attached hydrogens (primary N) is 1. The molecule has 2 aromatic rings. The van der Waals surface area contributed by atoms with Gasteiger partial charge in [-0.3, -0.25) is 14.3 Å². The zero-order valence-corrected chi connectivity index (χ0v) is 16.2. The predicted molar refractivity (Wildman–Crippen MR) is 104 cm³/mol. The number of aromatic nitrogens is 4. The van der Waals surface area contributed by atoms with Crippen molar-refractivity contribution < 1.29 is 4.79 Å². The van der Waals surface area contributed by atoms with E-state index in [0.717, 1.165) is 44.5 Å². The van der Waals surface area contributed by atoms with Gasteiger partial charge in [0.05, 0.1) is 17.7 Å². The largest absolute Gasteiger partial charge is 0.370 e. The first-order chi connectivity index (χ1) is 13.2. The van der Waals surface area contributed by atoms with Crippen LogP contribution in [0.4, 0.5) is 0 Å². The second kappa shape index (κ2) is 9.08. The number of hydrogen-bond acceptors (Lipinski definition) is 5. The van der Waals surface area contributed by atoms with Crippen LogP contribution in [-0.2, 0) is 10.3 Å². The average Bonchev–Trinajstić information content (AvgIpc) is 3.21. The van der Waals surface area contributed by atoms with Gasteiger partial charge in [0.15, 0.2) is 0 Å². The summed E-state index contributed by atoms with van der Waals surface area (Å²) in [6.07, 6.45) is 15.2. The number of carbonyl (C=O) groups excluding carboxylic acids is 1. The monoisotopic (exact) mass is 370 g/mol. The number of imidazole rings is 1. The molecule has 27 heavy (non-hydrogen) atoms. The molecule has 1 atom stereocenters. The Labute approximate surface area is 161 Å². The van der Waals surface area contributed by atoms with Crippen LogP contribution < -0.4 is 5.73 Å². The second-order valence-corrected chi connectivity index (χ2v) is 7.39. The number of hydrogen-bond donors (Lipinski definition) is 1. The molecular weight excluding hydrogens is 340 g/mol. The molecule has 1 aliphatic heterocycles. The van der Waals surface area contributed by atoms with Crippen molar-refractivity contribution in [2.45, 2.75) is 63.8 Å². The quantitative estimate of drug-likeness (QED) is 0.686. The molecule has 0 spiro atoms. The summed E-state index contributed by atoms with van der Waals surface area (Å²) in [6, 6.07) is 1.94. The van der Waals surface area contributed by atoms with Gasteiger partial charge in [0.2, 0.25) is 11.9 Å². The van der Waals surface area contributed by atoms with Crippen molar-refractivity contribution in [1.82, 2.24) is 24.4 Å². The lowest BCUT2D eigenvalue weighted by molar-refractivity contribution is -0.122. The molecule has 1 saturated heterocycles. The average molecular weight is 371 g/mol. The Balaban J connectivity index is 1.93. The Morgan fingerprint density at radius 1 is 1.26 bits per heavy atom. The fourth-order valence-electron chi connectivity index (χ4n) is 4.13. The lowest BCUT2D eigenvalue weighted by Gasteiger charge is -2.46. The number of piperidine rings is 1. The van der Waals surface area contributed by atoms with Crippen LogP contribution in [0, 0.1) is 0 Å². The SMILES string of the molecule is CCCCCCN1CCCCC1(CC(N)=O)c1ccnc(-n2ccnc2)n1. The van der Waals surface area contributed by atoms with Gasteiger partial charge >= 0.3 is 0 Å². The van der Waals surface area contributed by atoms with Crippen LogP contribution >= 0.6 is 0 Å². The summed E-state index contributed by atoms with van der Waals surface area (Å²) in [7, 11) is 0. The highest BCUT2D eigenvalue weighted by Crippen LogP contribution is 2.40. The van der Waals surface area contributed by atoms with E-state index in [9.17, 15) is 4.79 Å². The van der Waals surface area contributed by atoms with Crippen LogP contribution in [-0.4, -0.2) is 43.4 Å². The highest BCUT2D eigenvalue weighted by molar-refractivity contribution is 5.75. The van der Waals surface area contributed by atoms with E-state index < -0.39 is 5.54 Å². The molecule has 0 bridgehead atoms. The molecule has 0 aliphatic carbocycles. The van der Waals surface area contributed by atoms with E-state index in [0.29, 0.717) is 12.4 Å². The van der Waals surface area contributed by atoms with E-state index in [2.05, 4.69) is 21.8 Å². The van der Waals surface area contributed by atoms with Crippen LogP contribution in [0.2, 0.25) is 0 Å². The third-order valence-corrected chi connectivity index (χ3v) is 5.48. The molecule has 2 aromatic heterocycles. The summed E-state index contributed by atoms with van der Waals surface area (Å²) in [5, 5.41) is 0. The summed E-state index contributed by atoms with van der Waals surface area (Å²) >= 11 is 0. The summed E-state index contributed by atoms with van der Waals surface area (Å²) in [5.74, 6) is 0.295. The molecule has 0 aromatic carbocycles. The van der Waals surface area contributed by atoms with E-state index in [1.54, 1.807) is 23.3 Å². The summed E-state index contributed by atoms with van der Waals surface area (Å²) in [5.41, 5.74) is 6.14. The maximum atomic E-state index is 12.0. The molecule has 1 amide bonds. The number of primary amides is 1. The van der Waals surface area contributed by atoms with Crippen molar-refractivity contribution in [3.63, 3.8) is 0 Å². The van der Waals surface area contributed by atoms with Gasteiger partial charge in [-0.2, -0.15) is 0 Å². The first-order valence-corrected chi connectivity index (χ1v) is 10.0. The van der Waals surface area contributed by atoms with E-state index in [4.69, 9.17) is 10.7 Å². The standard InChI is InChI=1S/C20H30N6O/c1-2-3-4-6-12-26-13-7-5-9-20(26,15-18(21)27)17-8-10-23-19(24-17)25-14-11-22-16-25/h8,10-11,14,16H,2-7,9,12-13,15H2,1H3,(H2,21,27). The van der Waals surface area contributed by atoms with Gasteiger partial charge in [-0.15, -0.1) is 0 Å². The van der Waals surface area contributed by atoms with Crippen LogP contribution in [0.15, 0.2) is 31.0 Å². The van der Waals surface area contributed by atoms with Crippen LogP contribution in [0.5, 0.6) is 0 Å². The Morgan fingerprint density at radius 2 is 2.15 bits per heavy atom. The van der Waals surface area contributed by atoms with Crippen LogP contribution in [0.25, 0.3) is 5.95 Å². The maximum Gasteiger partial charge on any atom is 0.235 e. The number of carbonyl (C=O) groups is 1. The molecule has 1 fully saturated rings. The molecule has 7 nitrogen and oxygen atoms in total. The van der Waals surface area contributed by atoms with E-state index in [-0.39, 0.29) is 5.91 Å². The molecule has 3 rings (SSSR count). The number of amides is 1. The topological polar surface area (TPSA) is 89.9 Å². The molecule has 0 saturated carbocycles. The van der Waals surface area contributed by atoms with Crippen molar-refractivity contribution in [2.75, 3.05) is 13.1 Å². The Bertz CT molecular complexity index is 732. The van der Waals surface area contributed by atoms with Crippen molar-refractivity contribution in [3.05, 3.63) is 36.7 Å². The van der Waals surface area contributed by atoms with Gasteiger partial charge in [0.1, 0.15) is 6.33 Å². The van der Waals surface area contributed by atoms with E-state index in [1.165, 1.54) is 19.3 Å². The first-order valence-electron chi connectivity index (χ1n) is 10.0.